The van der Waals surface area contributed by atoms with Crippen molar-refractivity contribution in [2.75, 3.05) is 18.4 Å². The van der Waals surface area contributed by atoms with E-state index in [9.17, 15) is 44.2 Å². The molecular formula is C33H37N7O10. The molecule has 0 aliphatic carbocycles. The van der Waals surface area contributed by atoms with Gasteiger partial charge in [0, 0.05) is 18.9 Å². The van der Waals surface area contributed by atoms with Gasteiger partial charge >= 0.3 is 6.09 Å². The number of rotatable bonds is 15. The predicted octanol–water partition coefficient (Wildman–Crippen LogP) is 2.54. The van der Waals surface area contributed by atoms with E-state index in [1.165, 1.54) is 0 Å². The van der Waals surface area contributed by atoms with Crippen LogP contribution in [0.5, 0.6) is 0 Å². The SMILES string of the molecule is CC(C)(C)OC(=O)NCC(=O)NCC(=O)NC(Cc1ccccc1)C(=O)NC(Cc1ccccc1)C(=O)Nc1ccc([N+](=O)[O-])cc1[N+](=O)[O-]. The Kier molecular flexibility index (Phi) is 13.5. The zero-order valence-corrected chi connectivity index (χ0v) is 27.5. The highest BCUT2D eigenvalue weighted by atomic mass is 16.6. The number of alkyl carbamates (subject to hydrolysis) is 1. The van der Waals surface area contributed by atoms with E-state index in [1.807, 2.05) is 0 Å². The first-order valence-electron chi connectivity index (χ1n) is 15.3. The van der Waals surface area contributed by atoms with E-state index in [-0.39, 0.29) is 18.5 Å². The third-order valence-corrected chi connectivity index (χ3v) is 6.73. The normalized spacial score (nSPS) is 12.0. The molecule has 3 aromatic rings. The fraction of sp³-hybridized carbons (Fsp3) is 0.303. The summed E-state index contributed by atoms with van der Waals surface area (Å²) < 4.78 is 5.06. The fourth-order valence-corrected chi connectivity index (χ4v) is 4.45. The lowest BCUT2D eigenvalue weighted by Crippen LogP contribution is -2.55. The summed E-state index contributed by atoms with van der Waals surface area (Å²) in [6.07, 6.45) is -0.902. The lowest BCUT2D eigenvalue weighted by Gasteiger charge is -2.24. The lowest BCUT2D eigenvalue weighted by atomic mass is 10.0. The molecule has 0 bridgehead atoms. The number of carbonyl (C=O) groups is 5. The Morgan fingerprint density at radius 2 is 1.24 bits per heavy atom. The van der Waals surface area contributed by atoms with Gasteiger partial charge in [0.05, 0.1) is 22.5 Å². The predicted molar refractivity (Wildman–Crippen MR) is 180 cm³/mol. The molecule has 0 radical (unpaired) electrons. The fourth-order valence-electron chi connectivity index (χ4n) is 4.45. The number of non-ortho nitro benzene ring substituents is 1. The van der Waals surface area contributed by atoms with Gasteiger partial charge < -0.3 is 31.3 Å². The topological polar surface area (TPSA) is 241 Å². The Labute approximate surface area is 286 Å². The summed E-state index contributed by atoms with van der Waals surface area (Å²) >= 11 is 0. The second-order valence-corrected chi connectivity index (χ2v) is 11.9. The number of hydrogen-bond acceptors (Lipinski definition) is 10. The van der Waals surface area contributed by atoms with Gasteiger partial charge in [0.2, 0.25) is 23.6 Å². The summed E-state index contributed by atoms with van der Waals surface area (Å²) in [5.74, 6) is -3.10. The number of nitrogens with zero attached hydrogens (tertiary/aromatic N) is 2. The summed E-state index contributed by atoms with van der Waals surface area (Å²) in [7, 11) is 0. The van der Waals surface area contributed by atoms with Crippen molar-refractivity contribution < 1.29 is 38.6 Å². The van der Waals surface area contributed by atoms with Gasteiger partial charge in [0.25, 0.3) is 11.4 Å². The van der Waals surface area contributed by atoms with Crippen LogP contribution < -0.4 is 26.6 Å². The minimum atomic E-state index is -1.33. The zero-order chi connectivity index (χ0) is 36.8. The molecule has 3 aromatic carbocycles. The van der Waals surface area contributed by atoms with E-state index in [4.69, 9.17) is 4.74 Å². The van der Waals surface area contributed by atoms with Crippen LogP contribution in [-0.4, -0.2) is 70.3 Å². The van der Waals surface area contributed by atoms with E-state index in [2.05, 4.69) is 26.6 Å². The highest BCUT2D eigenvalue weighted by molar-refractivity contribution is 6.00. The minimum Gasteiger partial charge on any atom is -0.444 e. The highest BCUT2D eigenvalue weighted by Crippen LogP contribution is 2.29. The van der Waals surface area contributed by atoms with E-state index >= 15 is 0 Å². The van der Waals surface area contributed by atoms with Crippen LogP contribution in [-0.2, 0) is 36.8 Å². The van der Waals surface area contributed by atoms with Crippen LogP contribution >= 0.6 is 0 Å². The van der Waals surface area contributed by atoms with Gasteiger partial charge in [0.1, 0.15) is 29.9 Å². The van der Waals surface area contributed by atoms with E-state index < -0.39 is 81.7 Å². The Balaban J connectivity index is 1.78. The van der Waals surface area contributed by atoms with Crippen molar-refractivity contribution in [1.82, 2.24) is 21.3 Å². The summed E-state index contributed by atoms with van der Waals surface area (Å²) in [5.41, 5.74) is -1.11. The van der Waals surface area contributed by atoms with Gasteiger partial charge in [-0.15, -0.1) is 0 Å². The number of carbonyl (C=O) groups excluding carboxylic acids is 5. The molecule has 0 heterocycles. The smallest absolute Gasteiger partial charge is 0.408 e. The largest absolute Gasteiger partial charge is 0.444 e. The van der Waals surface area contributed by atoms with Crippen molar-refractivity contribution in [2.24, 2.45) is 0 Å². The molecule has 3 rings (SSSR count). The summed E-state index contributed by atoms with van der Waals surface area (Å²) in [5, 5.41) is 35.0. The Morgan fingerprint density at radius 1 is 0.700 bits per heavy atom. The van der Waals surface area contributed by atoms with E-state index in [0.717, 1.165) is 12.1 Å². The van der Waals surface area contributed by atoms with Crippen molar-refractivity contribution in [3.05, 3.63) is 110 Å². The number of anilines is 1. The van der Waals surface area contributed by atoms with Crippen LogP contribution in [0.3, 0.4) is 0 Å². The summed E-state index contributed by atoms with van der Waals surface area (Å²) in [6, 6.07) is 17.4. The molecule has 17 heteroatoms. The van der Waals surface area contributed by atoms with Crippen molar-refractivity contribution in [3.8, 4) is 0 Å². The summed E-state index contributed by atoms with van der Waals surface area (Å²) in [6.45, 7) is 3.94. The van der Waals surface area contributed by atoms with Crippen molar-refractivity contribution >= 4 is 46.8 Å². The van der Waals surface area contributed by atoms with Crippen molar-refractivity contribution in [2.45, 2.75) is 51.3 Å². The quantitative estimate of drug-likeness (QED) is 0.115. The molecule has 50 heavy (non-hydrogen) atoms. The molecule has 17 nitrogen and oxygen atoms in total. The number of hydrogen-bond donors (Lipinski definition) is 5. The van der Waals surface area contributed by atoms with Crippen LogP contribution in [0.1, 0.15) is 31.9 Å². The Bertz CT molecular complexity index is 1710. The maximum Gasteiger partial charge on any atom is 0.408 e. The highest BCUT2D eigenvalue weighted by Gasteiger charge is 2.29. The first-order chi connectivity index (χ1) is 23.6. The number of nitrogens with one attached hydrogen (secondary N) is 5. The van der Waals surface area contributed by atoms with E-state index in [1.54, 1.807) is 81.4 Å². The molecule has 5 amide bonds. The molecule has 0 aliphatic heterocycles. The van der Waals surface area contributed by atoms with Crippen LogP contribution in [0.25, 0.3) is 0 Å². The van der Waals surface area contributed by atoms with Crippen molar-refractivity contribution in [1.29, 1.82) is 0 Å². The third-order valence-electron chi connectivity index (χ3n) is 6.73. The maximum absolute atomic E-state index is 13.7. The average molecular weight is 692 g/mol. The molecule has 264 valence electrons. The van der Waals surface area contributed by atoms with Crippen molar-refractivity contribution in [3.63, 3.8) is 0 Å². The molecule has 0 aromatic heterocycles. The molecule has 0 fully saturated rings. The van der Waals surface area contributed by atoms with Gasteiger partial charge in [0.15, 0.2) is 0 Å². The molecule has 0 saturated carbocycles. The minimum absolute atomic E-state index is 0.0138. The number of ether oxygens (including phenoxy) is 1. The monoisotopic (exact) mass is 691 g/mol. The van der Waals surface area contributed by atoms with Gasteiger partial charge in [-0.25, -0.2) is 4.79 Å². The standard InChI is InChI=1S/C33H37N7O10/c1-33(2,3)50-32(45)35-19-28(41)34-20-29(42)36-25(16-21-10-6-4-7-11-21)30(43)38-26(17-22-12-8-5-9-13-22)31(44)37-24-15-14-23(39(46)47)18-27(24)40(48)49/h4-15,18,25-26H,16-17,19-20H2,1-3H3,(H,34,41)(H,35,45)(H,36,42)(H,37,44)(H,38,43). The van der Waals surface area contributed by atoms with Gasteiger partial charge in [-0.2, -0.15) is 0 Å². The van der Waals surface area contributed by atoms with Crippen LogP contribution in [0, 0.1) is 20.2 Å². The number of nitro benzene ring substituents is 2. The van der Waals surface area contributed by atoms with Crippen LogP contribution in [0.2, 0.25) is 0 Å². The lowest BCUT2D eigenvalue weighted by molar-refractivity contribution is -0.393. The molecule has 0 aliphatic rings. The average Bonchev–Trinajstić information content (AvgIpc) is 3.05. The van der Waals surface area contributed by atoms with Crippen LogP contribution in [0.4, 0.5) is 21.9 Å². The third kappa shape index (κ3) is 12.7. The Morgan fingerprint density at radius 3 is 1.76 bits per heavy atom. The maximum atomic E-state index is 13.7. The zero-order valence-electron chi connectivity index (χ0n) is 27.5. The molecule has 0 spiro atoms. The first kappa shape index (κ1) is 38.1. The van der Waals surface area contributed by atoms with Gasteiger partial charge in [-0.05, 0) is 38.0 Å². The summed E-state index contributed by atoms with van der Waals surface area (Å²) in [4.78, 5) is 85.4. The van der Waals surface area contributed by atoms with E-state index in [0.29, 0.717) is 17.2 Å². The number of amides is 5. The molecular weight excluding hydrogens is 654 g/mol. The molecule has 2 atom stereocenters. The van der Waals surface area contributed by atoms with Gasteiger partial charge in [-0.3, -0.25) is 39.4 Å². The number of nitro groups is 2. The van der Waals surface area contributed by atoms with Crippen LogP contribution in [0.15, 0.2) is 78.9 Å². The first-order valence-corrected chi connectivity index (χ1v) is 15.3. The molecule has 0 saturated heterocycles. The van der Waals surface area contributed by atoms with Gasteiger partial charge in [-0.1, -0.05) is 60.7 Å². The molecule has 2 unspecified atom stereocenters. The second-order valence-electron chi connectivity index (χ2n) is 11.9. The molecule has 5 N–H and O–H groups in total. The second kappa shape index (κ2) is 17.7. The number of benzene rings is 3. The Hall–Kier alpha value is -6.39.